The van der Waals surface area contributed by atoms with Crippen LogP contribution in [0.3, 0.4) is 0 Å². The van der Waals surface area contributed by atoms with Crippen LogP contribution in [0.4, 0.5) is 0 Å². The van der Waals surface area contributed by atoms with Crippen molar-refractivity contribution in [2.75, 3.05) is 33.9 Å². The first-order valence-electron chi connectivity index (χ1n) is 6.96. The second-order valence-corrected chi connectivity index (χ2v) is 4.93. The van der Waals surface area contributed by atoms with Gasteiger partial charge in [-0.05, 0) is 32.0 Å². The normalized spacial score (nSPS) is 18.1. The minimum atomic E-state index is 0.213. The van der Waals surface area contributed by atoms with E-state index in [1.807, 2.05) is 12.1 Å². The second kappa shape index (κ2) is 6.78. The molecule has 1 atom stereocenters. The van der Waals surface area contributed by atoms with Crippen molar-refractivity contribution in [3.8, 4) is 11.5 Å². The molecule has 0 spiro atoms. The Balaban J connectivity index is 2.31. The molecule has 4 heteroatoms. The van der Waals surface area contributed by atoms with Crippen LogP contribution in [0.1, 0.15) is 30.9 Å². The highest BCUT2D eigenvalue weighted by molar-refractivity contribution is 5.48. The Hall–Kier alpha value is -1.26. The Morgan fingerprint density at radius 3 is 2.47 bits per heavy atom. The van der Waals surface area contributed by atoms with Crippen molar-refractivity contribution < 1.29 is 9.47 Å². The van der Waals surface area contributed by atoms with Gasteiger partial charge in [0.1, 0.15) is 0 Å². The van der Waals surface area contributed by atoms with Crippen LogP contribution in [0.2, 0.25) is 0 Å². The average Bonchev–Trinajstić information content (AvgIpc) is 2.48. The number of likely N-dealkylation sites (tertiary alicyclic amines) is 1. The summed E-state index contributed by atoms with van der Waals surface area (Å²) in [6.45, 7) is 2.83. The zero-order chi connectivity index (χ0) is 13.7. The molecular weight excluding hydrogens is 240 g/mol. The van der Waals surface area contributed by atoms with Crippen LogP contribution < -0.4 is 15.2 Å². The van der Waals surface area contributed by atoms with Gasteiger partial charge in [0.05, 0.1) is 20.3 Å². The summed E-state index contributed by atoms with van der Waals surface area (Å²) in [6.07, 6.45) is 3.83. The fourth-order valence-corrected chi connectivity index (χ4v) is 2.88. The number of hydrogen-bond donors (Lipinski definition) is 1. The Kier molecular flexibility index (Phi) is 5.05. The van der Waals surface area contributed by atoms with Crippen LogP contribution in [0.25, 0.3) is 0 Å². The number of nitrogens with zero attached hydrogens (tertiary/aromatic N) is 1. The maximum Gasteiger partial charge on any atom is 0.165 e. The number of benzene rings is 1. The maximum atomic E-state index is 6.01. The highest BCUT2D eigenvalue weighted by atomic mass is 16.5. The van der Waals surface area contributed by atoms with Gasteiger partial charge in [0.2, 0.25) is 0 Å². The van der Waals surface area contributed by atoms with Gasteiger partial charge in [-0.25, -0.2) is 0 Å². The van der Waals surface area contributed by atoms with E-state index in [9.17, 15) is 0 Å². The summed E-state index contributed by atoms with van der Waals surface area (Å²) in [7, 11) is 3.35. The third-order valence-electron chi connectivity index (χ3n) is 3.85. The summed E-state index contributed by atoms with van der Waals surface area (Å²) in [5.74, 6) is 1.58. The molecule has 106 valence electrons. The molecule has 0 bridgehead atoms. The van der Waals surface area contributed by atoms with E-state index in [-0.39, 0.29) is 6.04 Å². The summed E-state index contributed by atoms with van der Waals surface area (Å²) < 4.78 is 10.9. The fourth-order valence-electron chi connectivity index (χ4n) is 2.88. The van der Waals surface area contributed by atoms with Gasteiger partial charge in [-0.1, -0.05) is 18.6 Å². The van der Waals surface area contributed by atoms with Gasteiger partial charge in [0.15, 0.2) is 11.5 Å². The molecule has 2 N–H and O–H groups in total. The SMILES string of the molecule is COc1cccc([C@H](CN)N2CCCCC2)c1OC. The van der Waals surface area contributed by atoms with E-state index in [1.54, 1.807) is 14.2 Å². The van der Waals surface area contributed by atoms with Crippen molar-refractivity contribution in [2.45, 2.75) is 25.3 Å². The lowest BCUT2D eigenvalue weighted by Gasteiger charge is -2.34. The number of ether oxygens (including phenoxy) is 2. The molecule has 0 amide bonds. The first-order valence-corrected chi connectivity index (χ1v) is 6.96. The van der Waals surface area contributed by atoms with Crippen molar-refractivity contribution >= 4 is 0 Å². The highest BCUT2D eigenvalue weighted by Crippen LogP contribution is 2.37. The minimum Gasteiger partial charge on any atom is -0.493 e. The summed E-state index contributed by atoms with van der Waals surface area (Å²) in [5, 5.41) is 0. The molecule has 0 saturated carbocycles. The van der Waals surface area contributed by atoms with E-state index in [1.165, 1.54) is 19.3 Å². The van der Waals surface area contributed by atoms with Gasteiger partial charge in [-0.2, -0.15) is 0 Å². The lowest BCUT2D eigenvalue weighted by atomic mass is 10.0. The minimum absolute atomic E-state index is 0.213. The number of piperidine rings is 1. The van der Waals surface area contributed by atoms with Crippen molar-refractivity contribution in [1.82, 2.24) is 4.90 Å². The van der Waals surface area contributed by atoms with Crippen molar-refractivity contribution in [1.29, 1.82) is 0 Å². The van der Waals surface area contributed by atoms with Crippen molar-refractivity contribution in [3.63, 3.8) is 0 Å². The zero-order valence-corrected chi connectivity index (χ0v) is 11.9. The number of para-hydroxylation sites is 1. The van der Waals surface area contributed by atoms with Gasteiger partial charge in [0, 0.05) is 12.1 Å². The predicted octanol–water partition coefficient (Wildman–Crippen LogP) is 2.19. The average molecular weight is 264 g/mol. The fraction of sp³-hybridized carbons (Fsp3) is 0.600. The summed E-state index contributed by atoms with van der Waals surface area (Å²) in [6, 6.07) is 6.23. The Morgan fingerprint density at radius 1 is 1.16 bits per heavy atom. The Labute approximate surface area is 115 Å². The van der Waals surface area contributed by atoms with E-state index >= 15 is 0 Å². The van der Waals surface area contributed by atoms with Gasteiger partial charge in [-0.15, -0.1) is 0 Å². The molecule has 19 heavy (non-hydrogen) atoms. The van der Waals surface area contributed by atoms with E-state index < -0.39 is 0 Å². The molecule has 2 rings (SSSR count). The van der Waals surface area contributed by atoms with Crippen LogP contribution in [-0.4, -0.2) is 38.8 Å². The van der Waals surface area contributed by atoms with Gasteiger partial charge in [0.25, 0.3) is 0 Å². The molecule has 4 nitrogen and oxygen atoms in total. The standard InChI is InChI=1S/C15H24N2O2/c1-18-14-8-6-7-12(15(14)19-2)13(11-16)17-9-4-3-5-10-17/h6-8,13H,3-5,9-11,16H2,1-2H3/t13-/m0/s1. The number of rotatable bonds is 5. The van der Waals surface area contributed by atoms with E-state index in [0.29, 0.717) is 6.54 Å². The molecule has 0 aliphatic carbocycles. The summed E-state index contributed by atoms with van der Waals surface area (Å²) in [4.78, 5) is 2.46. The predicted molar refractivity (Wildman–Crippen MR) is 76.8 cm³/mol. The molecule has 0 radical (unpaired) electrons. The molecular formula is C15H24N2O2. The number of methoxy groups -OCH3 is 2. The molecule has 0 unspecified atom stereocenters. The first-order chi connectivity index (χ1) is 9.31. The van der Waals surface area contributed by atoms with Gasteiger partial charge in [-0.3, -0.25) is 4.90 Å². The summed E-state index contributed by atoms with van der Waals surface area (Å²) >= 11 is 0. The van der Waals surface area contributed by atoms with E-state index in [0.717, 1.165) is 30.2 Å². The van der Waals surface area contributed by atoms with Crippen molar-refractivity contribution in [3.05, 3.63) is 23.8 Å². The molecule has 1 heterocycles. The van der Waals surface area contributed by atoms with Crippen LogP contribution in [0, 0.1) is 0 Å². The van der Waals surface area contributed by atoms with Crippen molar-refractivity contribution in [2.24, 2.45) is 5.73 Å². The highest BCUT2D eigenvalue weighted by Gasteiger charge is 2.25. The number of nitrogens with two attached hydrogens (primary N) is 1. The smallest absolute Gasteiger partial charge is 0.165 e. The zero-order valence-electron chi connectivity index (χ0n) is 11.9. The molecule has 0 aromatic heterocycles. The molecule has 1 aliphatic heterocycles. The Bertz CT molecular complexity index is 403. The third kappa shape index (κ3) is 3.01. The molecule has 1 saturated heterocycles. The van der Waals surface area contributed by atoms with Crippen LogP contribution in [-0.2, 0) is 0 Å². The lowest BCUT2D eigenvalue weighted by molar-refractivity contribution is 0.164. The van der Waals surface area contributed by atoms with E-state index in [4.69, 9.17) is 15.2 Å². The molecule has 1 aromatic carbocycles. The lowest BCUT2D eigenvalue weighted by Crippen LogP contribution is -2.37. The van der Waals surface area contributed by atoms with Crippen LogP contribution >= 0.6 is 0 Å². The summed E-state index contributed by atoms with van der Waals surface area (Å²) in [5.41, 5.74) is 7.14. The Morgan fingerprint density at radius 2 is 1.89 bits per heavy atom. The largest absolute Gasteiger partial charge is 0.493 e. The monoisotopic (exact) mass is 264 g/mol. The number of hydrogen-bond acceptors (Lipinski definition) is 4. The molecule has 1 aliphatic rings. The third-order valence-corrected chi connectivity index (χ3v) is 3.85. The van der Waals surface area contributed by atoms with E-state index in [2.05, 4.69) is 11.0 Å². The van der Waals surface area contributed by atoms with Gasteiger partial charge >= 0.3 is 0 Å². The first kappa shape index (κ1) is 14.2. The molecule has 1 fully saturated rings. The van der Waals surface area contributed by atoms with Crippen LogP contribution in [0.15, 0.2) is 18.2 Å². The topological polar surface area (TPSA) is 47.7 Å². The quantitative estimate of drug-likeness (QED) is 0.885. The second-order valence-electron chi connectivity index (χ2n) is 4.93. The molecule has 1 aromatic rings. The van der Waals surface area contributed by atoms with Gasteiger partial charge < -0.3 is 15.2 Å². The van der Waals surface area contributed by atoms with Crippen LogP contribution in [0.5, 0.6) is 11.5 Å². The maximum absolute atomic E-state index is 6.01.